The molecule has 4 rings (SSSR count). The van der Waals surface area contributed by atoms with Crippen LogP contribution in [0.1, 0.15) is 16.1 Å². The fraction of sp³-hybridized carbons (Fsp3) is 0.0588. The highest BCUT2D eigenvalue weighted by molar-refractivity contribution is 9.10. The van der Waals surface area contributed by atoms with Crippen molar-refractivity contribution in [3.05, 3.63) is 71.0 Å². The number of hydrogen-bond donors (Lipinski definition) is 2. The molecule has 25 heavy (non-hydrogen) atoms. The Morgan fingerprint density at radius 1 is 1.24 bits per heavy atom. The van der Waals surface area contributed by atoms with Gasteiger partial charge in [0.1, 0.15) is 18.3 Å². The minimum atomic E-state index is -0.198. The average Bonchev–Trinajstić information content (AvgIpc) is 3.29. The van der Waals surface area contributed by atoms with E-state index in [1.807, 2.05) is 36.4 Å². The number of H-pyrrole nitrogens is 1. The number of amides is 1. The quantitative estimate of drug-likeness (QED) is 0.554. The normalized spacial score (nSPS) is 10.9. The molecule has 7 nitrogen and oxygen atoms in total. The maximum Gasteiger partial charge on any atom is 0.269 e. The molecule has 8 heteroatoms. The second-order valence-electron chi connectivity index (χ2n) is 5.37. The van der Waals surface area contributed by atoms with Gasteiger partial charge in [0.05, 0.1) is 4.47 Å². The van der Waals surface area contributed by atoms with E-state index in [4.69, 9.17) is 0 Å². The second-order valence-corrected chi connectivity index (χ2v) is 6.16. The van der Waals surface area contributed by atoms with Gasteiger partial charge in [-0.05, 0) is 28.1 Å². The summed E-state index contributed by atoms with van der Waals surface area (Å²) in [5.41, 5.74) is 2.24. The lowest BCUT2D eigenvalue weighted by Gasteiger charge is -2.09. The molecule has 0 saturated carbocycles. The van der Waals surface area contributed by atoms with Gasteiger partial charge in [0.15, 0.2) is 5.82 Å². The number of para-hydroxylation sites is 1. The summed E-state index contributed by atoms with van der Waals surface area (Å²) < 4.78 is 2.32. The van der Waals surface area contributed by atoms with Gasteiger partial charge in [-0.2, -0.15) is 5.10 Å². The van der Waals surface area contributed by atoms with E-state index in [-0.39, 0.29) is 5.91 Å². The molecular weight excluding hydrogens is 384 g/mol. The van der Waals surface area contributed by atoms with Crippen molar-refractivity contribution in [2.24, 2.45) is 0 Å². The third-order valence-corrected chi connectivity index (χ3v) is 4.64. The zero-order valence-electron chi connectivity index (χ0n) is 13.0. The van der Waals surface area contributed by atoms with Crippen molar-refractivity contribution in [1.29, 1.82) is 0 Å². The molecule has 1 aromatic carbocycles. The lowest BCUT2D eigenvalue weighted by Crippen LogP contribution is -2.24. The number of fused-ring (bicyclic) bond motifs is 1. The summed E-state index contributed by atoms with van der Waals surface area (Å²) >= 11 is 3.50. The number of aromatic amines is 1. The Hall–Kier alpha value is -3.00. The van der Waals surface area contributed by atoms with Crippen LogP contribution in [0.15, 0.2) is 59.7 Å². The number of nitrogens with one attached hydrogen (secondary N) is 2. The first-order valence-corrected chi connectivity index (χ1v) is 8.36. The van der Waals surface area contributed by atoms with Crippen LogP contribution < -0.4 is 5.32 Å². The molecule has 0 bridgehead atoms. The van der Waals surface area contributed by atoms with E-state index in [1.165, 1.54) is 6.33 Å². The Bertz CT molecular complexity index is 1040. The van der Waals surface area contributed by atoms with Gasteiger partial charge in [0.2, 0.25) is 0 Å². The van der Waals surface area contributed by atoms with E-state index >= 15 is 0 Å². The highest BCUT2D eigenvalue weighted by Crippen LogP contribution is 2.27. The minimum Gasteiger partial charge on any atom is -0.350 e. The van der Waals surface area contributed by atoms with Gasteiger partial charge in [0, 0.05) is 29.2 Å². The molecule has 3 heterocycles. The molecular formula is C17H13BrN6O. The van der Waals surface area contributed by atoms with Crippen LogP contribution in [-0.4, -0.2) is 30.6 Å². The number of carbonyl (C=O) groups is 1. The van der Waals surface area contributed by atoms with E-state index in [9.17, 15) is 4.79 Å². The van der Waals surface area contributed by atoms with Crippen molar-refractivity contribution >= 4 is 32.7 Å². The van der Waals surface area contributed by atoms with Crippen LogP contribution >= 0.6 is 15.9 Å². The monoisotopic (exact) mass is 396 g/mol. The van der Waals surface area contributed by atoms with Crippen LogP contribution in [0, 0.1) is 0 Å². The number of halogens is 1. The molecule has 4 aromatic rings. The first-order valence-electron chi connectivity index (χ1n) is 7.57. The highest BCUT2D eigenvalue weighted by Gasteiger charge is 2.16. The standard InChI is InChI=1S/C17H13BrN6O/c18-14-12-5-1-2-6-13(12)23-15(14)17(25)21-8-11-4-3-7-20-16(11)24-10-19-9-22-24/h1-7,9-10,23H,8H2,(H,21,25). The molecule has 1 amide bonds. The van der Waals surface area contributed by atoms with Gasteiger partial charge in [-0.1, -0.05) is 24.3 Å². The molecule has 0 fully saturated rings. The zero-order valence-corrected chi connectivity index (χ0v) is 14.6. The Morgan fingerprint density at radius 2 is 2.12 bits per heavy atom. The molecule has 0 atom stereocenters. The molecule has 0 spiro atoms. The second kappa shape index (κ2) is 6.48. The number of nitrogens with zero attached hydrogens (tertiary/aromatic N) is 4. The Kier molecular flexibility index (Phi) is 4.02. The van der Waals surface area contributed by atoms with E-state index in [0.29, 0.717) is 18.1 Å². The van der Waals surface area contributed by atoms with Crippen LogP contribution in [0.2, 0.25) is 0 Å². The minimum absolute atomic E-state index is 0.198. The van der Waals surface area contributed by atoms with Gasteiger partial charge in [0.25, 0.3) is 5.91 Å². The summed E-state index contributed by atoms with van der Waals surface area (Å²) in [6.45, 7) is 0.323. The topological polar surface area (TPSA) is 88.5 Å². The lowest BCUT2D eigenvalue weighted by atomic mass is 10.2. The fourth-order valence-electron chi connectivity index (χ4n) is 2.62. The molecule has 124 valence electrons. The highest BCUT2D eigenvalue weighted by atomic mass is 79.9. The van der Waals surface area contributed by atoms with Crippen LogP contribution in [0.3, 0.4) is 0 Å². The molecule has 0 radical (unpaired) electrons. The largest absolute Gasteiger partial charge is 0.350 e. The molecule has 0 aliphatic carbocycles. The molecule has 2 N–H and O–H groups in total. The number of aromatic nitrogens is 5. The first kappa shape index (κ1) is 15.5. The number of carbonyl (C=O) groups excluding carboxylic acids is 1. The van der Waals surface area contributed by atoms with Gasteiger partial charge in [-0.25, -0.2) is 14.6 Å². The summed E-state index contributed by atoms with van der Waals surface area (Å²) in [4.78, 5) is 24.0. The first-order chi connectivity index (χ1) is 12.2. The van der Waals surface area contributed by atoms with Crippen LogP contribution in [0.25, 0.3) is 16.7 Å². The number of rotatable bonds is 4. The van der Waals surface area contributed by atoms with E-state index in [1.54, 1.807) is 17.2 Å². The van der Waals surface area contributed by atoms with E-state index in [0.717, 1.165) is 20.9 Å². The zero-order chi connectivity index (χ0) is 17.2. The van der Waals surface area contributed by atoms with Crippen molar-refractivity contribution in [2.45, 2.75) is 6.54 Å². The molecule has 0 aliphatic rings. The van der Waals surface area contributed by atoms with Crippen LogP contribution in [-0.2, 0) is 6.54 Å². The third kappa shape index (κ3) is 2.91. The van der Waals surface area contributed by atoms with Crippen molar-refractivity contribution in [2.75, 3.05) is 0 Å². The lowest BCUT2D eigenvalue weighted by molar-refractivity contribution is 0.0946. The van der Waals surface area contributed by atoms with Gasteiger partial charge >= 0.3 is 0 Å². The molecule has 0 unspecified atom stereocenters. The van der Waals surface area contributed by atoms with Crippen molar-refractivity contribution in [1.82, 2.24) is 30.0 Å². The molecule has 0 aliphatic heterocycles. The number of benzene rings is 1. The number of pyridine rings is 1. The maximum atomic E-state index is 12.6. The van der Waals surface area contributed by atoms with Gasteiger partial charge in [-0.3, -0.25) is 4.79 Å². The smallest absolute Gasteiger partial charge is 0.269 e. The van der Waals surface area contributed by atoms with Crippen molar-refractivity contribution < 1.29 is 4.79 Å². The SMILES string of the molecule is O=C(NCc1cccnc1-n1cncn1)c1[nH]c2ccccc2c1Br. The predicted octanol–water partition coefficient (Wildman–Crippen LogP) is 2.84. The summed E-state index contributed by atoms with van der Waals surface area (Å²) in [6.07, 6.45) is 4.69. The average molecular weight is 397 g/mol. The summed E-state index contributed by atoms with van der Waals surface area (Å²) in [5, 5.41) is 7.98. The number of hydrogen-bond acceptors (Lipinski definition) is 4. The summed E-state index contributed by atoms with van der Waals surface area (Å²) in [7, 11) is 0. The van der Waals surface area contributed by atoms with Crippen LogP contribution in [0.5, 0.6) is 0 Å². The van der Waals surface area contributed by atoms with E-state index < -0.39 is 0 Å². The third-order valence-electron chi connectivity index (χ3n) is 3.81. The maximum absolute atomic E-state index is 12.6. The fourth-order valence-corrected chi connectivity index (χ4v) is 3.25. The van der Waals surface area contributed by atoms with Crippen molar-refractivity contribution in [3.8, 4) is 5.82 Å². The Labute approximate surface area is 151 Å². The molecule has 0 saturated heterocycles. The van der Waals surface area contributed by atoms with Gasteiger partial charge in [-0.15, -0.1) is 0 Å². The van der Waals surface area contributed by atoms with Gasteiger partial charge < -0.3 is 10.3 Å². The predicted molar refractivity (Wildman–Crippen MR) is 96.3 cm³/mol. The van der Waals surface area contributed by atoms with Crippen LogP contribution in [0.4, 0.5) is 0 Å². The Balaban J connectivity index is 1.57. The van der Waals surface area contributed by atoms with E-state index in [2.05, 4.69) is 41.3 Å². The summed E-state index contributed by atoms with van der Waals surface area (Å²) in [6, 6.07) is 11.5. The Morgan fingerprint density at radius 3 is 2.92 bits per heavy atom. The summed E-state index contributed by atoms with van der Waals surface area (Å²) in [5.74, 6) is 0.437. The van der Waals surface area contributed by atoms with Crippen molar-refractivity contribution in [3.63, 3.8) is 0 Å². The molecule has 3 aromatic heterocycles.